The Kier molecular flexibility index (Phi) is 3.99. The van der Waals surface area contributed by atoms with E-state index in [0.29, 0.717) is 11.3 Å². The van der Waals surface area contributed by atoms with Crippen molar-refractivity contribution in [1.29, 1.82) is 0 Å². The molecule has 1 unspecified atom stereocenters. The number of fused-ring (bicyclic) bond motifs is 1. The molecule has 0 N–H and O–H groups in total. The number of hydrazone groups is 1. The quantitative estimate of drug-likeness (QED) is 0.563. The van der Waals surface area contributed by atoms with Crippen molar-refractivity contribution < 1.29 is 13.2 Å². The fourth-order valence-corrected chi connectivity index (χ4v) is 3.17. The van der Waals surface area contributed by atoms with Crippen LogP contribution in [0.2, 0.25) is 0 Å². The van der Waals surface area contributed by atoms with Gasteiger partial charge in [0.1, 0.15) is 0 Å². The van der Waals surface area contributed by atoms with Crippen LogP contribution in [0.1, 0.15) is 11.5 Å². The smallest absolute Gasteiger partial charge is 0.240 e. The van der Waals surface area contributed by atoms with E-state index in [1.807, 2.05) is 36.4 Å². The molecule has 26 heavy (non-hydrogen) atoms. The normalized spacial score (nSPS) is 17.4. The minimum atomic E-state index is -4.52. The van der Waals surface area contributed by atoms with E-state index in [1.165, 1.54) is 5.01 Å². The molecule has 0 fully saturated rings. The molecule has 0 radical (unpaired) electrons. The van der Waals surface area contributed by atoms with Crippen molar-refractivity contribution in [1.82, 2.24) is 0 Å². The number of allylic oxidation sites excluding steroid dienone is 1. The van der Waals surface area contributed by atoms with Crippen LogP contribution in [0.5, 0.6) is 0 Å². The third kappa shape index (κ3) is 2.96. The standard InChI is InChI=1S/C21H15F3N2/c22-21(23,24)20-18(16-7-2-1-3-8-16)13-14-26(25-20)19-12-6-10-15-9-4-5-11-17(15)19/h1-14,18H. The van der Waals surface area contributed by atoms with Crippen molar-refractivity contribution in [2.75, 3.05) is 5.01 Å². The van der Waals surface area contributed by atoms with E-state index in [1.54, 1.807) is 48.7 Å². The zero-order valence-electron chi connectivity index (χ0n) is 13.7. The van der Waals surface area contributed by atoms with Crippen molar-refractivity contribution >= 4 is 22.2 Å². The minimum Gasteiger partial charge on any atom is -0.240 e. The predicted molar refractivity (Wildman–Crippen MR) is 98.2 cm³/mol. The lowest BCUT2D eigenvalue weighted by molar-refractivity contribution is -0.0611. The zero-order valence-corrected chi connectivity index (χ0v) is 13.7. The molecule has 0 aliphatic carbocycles. The molecule has 0 amide bonds. The second-order valence-electron chi connectivity index (χ2n) is 6.06. The van der Waals surface area contributed by atoms with Gasteiger partial charge in [-0.1, -0.05) is 72.8 Å². The molecule has 1 atom stereocenters. The largest absolute Gasteiger partial charge is 0.432 e. The molecule has 0 spiro atoms. The van der Waals surface area contributed by atoms with Gasteiger partial charge < -0.3 is 0 Å². The van der Waals surface area contributed by atoms with Gasteiger partial charge in [-0.15, -0.1) is 0 Å². The lowest BCUT2D eigenvalue weighted by Crippen LogP contribution is -2.34. The van der Waals surface area contributed by atoms with E-state index in [-0.39, 0.29) is 0 Å². The van der Waals surface area contributed by atoms with Crippen LogP contribution in [0, 0.1) is 0 Å². The molecular formula is C21H15F3N2. The number of alkyl halides is 3. The summed E-state index contributed by atoms with van der Waals surface area (Å²) in [6.45, 7) is 0. The van der Waals surface area contributed by atoms with Gasteiger partial charge in [0.25, 0.3) is 0 Å². The highest BCUT2D eigenvalue weighted by Gasteiger charge is 2.42. The van der Waals surface area contributed by atoms with Crippen LogP contribution in [-0.4, -0.2) is 11.9 Å². The Labute approximate surface area is 148 Å². The highest BCUT2D eigenvalue weighted by Crippen LogP contribution is 2.36. The van der Waals surface area contributed by atoms with Gasteiger partial charge >= 0.3 is 6.18 Å². The number of hydrogen-bond acceptors (Lipinski definition) is 2. The molecule has 3 aromatic carbocycles. The molecule has 130 valence electrons. The molecule has 2 nitrogen and oxygen atoms in total. The van der Waals surface area contributed by atoms with Gasteiger partial charge in [0.2, 0.25) is 0 Å². The van der Waals surface area contributed by atoms with Crippen molar-refractivity contribution in [3.63, 3.8) is 0 Å². The number of nitrogens with zero attached hydrogens (tertiary/aromatic N) is 2. The number of rotatable bonds is 2. The van der Waals surface area contributed by atoms with Crippen molar-refractivity contribution in [3.05, 3.63) is 90.6 Å². The average molecular weight is 352 g/mol. The summed E-state index contributed by atoms with van der Waals surface area (Å²) in [6, 6.07) is 21.7. The second kappa shape index (κ2) is 6.33. The summed E-state index contributed by atoms with van der Waals surface area (Å²) in [7, 11) is 0. The van der Waals surface area contributed by atoms with Gasteiger partial charge in [-0.3, -0.25) is 0 Å². The summed E-state index contributed by atoms with van der Waals surface area (Å²) in [5.74, 6) is -0.914. The zero-order chi connectivity index (χ0) is 18.1. The van der Waals surface area contributed by atoms with E-state index < -0.39 is 17.8 Å². The van der Waals surface area contributed by atoms with E-state index in [9.17, 15) is 13.2 Å². The van der Waals surface area contributed by atoms with E-state index >= 15 is 0 Å². The van der Waals surface area contributed by atoms with Crippen molar-refractivity contribution in [2.45, 2.75) is 12.1 Å². The third-order valence-corrected chi connectivity index (χ3v) is 4.39. The molecule has 3 aromatic rings. The van der Waals surface area contributed by atoms with Gasteiger partial charge in [0, 0.05) is 11.6 Å². The van der Waals surface area contributed by atoms with Gasteiger partial charge in [-0.2, -0.15) is 18.3 Å². The van der Waals surface area contributed by atoms with Gasteiger partial charge in [-0.25, -0.2) is 5.01 Å². The lowest BCUT2D eigenvalue weighted by Gasteiger charge is -2.27. The second-order valence-corrected chi connectivity index (χ2v) is 6.06. The molecule has 0 bridgehead atoms. The number of anilines is 1. The maximum Gasteiger partial charge on any atom is 0.432 e. The van der Waals surface area contributed by atoms with Crippen molar-refractivity contribution in [3.8, 4) is 0 Å². The van der Waals surface area contributed by atoms with Crippen LogP contribution in [0.4, 0.5) is 18.9 Å². The highest BCUT2D eigenvalue weighted by atomic mass is 19.4. The van der Waals surface area contributed by atoms with Gasteiger partial charge in [-0.05, 0) is 17.0 Å². The maximum absolute atomic E-state index is 13.7. The summed E-state index contributed by atoms with van der Waals surface area (Å²) in [5, 5.41) is 7.08. The highest BCUT2D eigenvalue weighted by molar-refractivity contribution is 6.00. The fourth-order valence-electron chi connectivity index (χ4n) is 3.17. The summed E-state index contributed by atoms with van der Waals surface area (Å²) in [6.07, 6.45) is -1.37. The maximum atomic E-state index is 13.7. The number of halogens is 3. The molecule has 4 rings (SSSR count). The van der Waals surface area contributed by atoms with Crippen LogP contribution in [0.15, 0.2) is 90.2 Å². The first-order valence-electron chi connectivity index (χ1n) is 8.20. The molecule has 0 aromatic heterocycles. The van der Waals surface area contributed by atoms with Crippen LogP contribution in [0.25, 0.3) is 10.8 Å². The number of benzene rings is 3. The summed E-state index contributed by atoms with van der Waals surface area (Å²) in [5.41, 5.74) is 0.365. The summed E-state index contributed by atoms with van der Waals surface area (Å²) < 4.78 is 41.1. The van der Waals surface area contributed by atoms with Gasteiger partial charge in [0.05, 0.1) is 11.6 Å². The Morgan fingerprint density at radius 2 is 1.50 bits per heavy atom. The Morgan fingerprint density at radius 1 is 0.808 bits per heavy atom. The fraction of sp³-hybridized carbons (Fsp3) is 0.0952. The van der Waals surface area contributed by atoms with Gasteiger partial charge in [0.15, 0.2) is 5.71 Å². The molecule has 1 aliphatic heterocycles. The molecule has 0 saturated carbocycles. The minimum absolute atomic E-state index is 0.567. The predicted octanol–water partition coefficient (Wildman–Crippen LogP) is 5.88. The first kappa shape index (κ1) is 16.4. The molecule has 1 heterocycles. The van der Waals surface area contributed by atoms with Crippen molar-refractivity contribution in [2.24, 2.45) is 5.10 Å². The molecule has 0 saturated heterocycles. The SMILES string of the molecule is FC(F)(F)C1=NN(c2cccc3ccccc23)C=CC1c1ccccc1. The Bertz CT molecular complexity index is 986. The topological polar surface area (TPSA) is 15.6 Å². The van der Waals surface area contributed by atoms with Crippen LogP contribution in [0.3, 0.4) is 0 Å². The number of hydrogen-bond donors (Lipinski definition) is 0. The lowest BCUT2D eigenvalue weighted by atomic mass is 9.92. The van der Waals surface area contributed by atoms with E-state index in [2.05, 4.69) is 5.10 Å². The first-order chi connectivity index (χ1) is 12.5. The van der Waals surface area contributed by atoms with E-state index in [4.69, 9.17) is 0 Å². The first-order valence-corrected chi connectivity index (χ1v) is 8.20. The monoisotopic (exact) mass is 352 g/mol. The third-order valence-electron chi connectivity index (χ3n) is 4.39. The molecule has 1 aliphatic rings. The van der Waals surface area contributed by atoms with Crippen LogP contribution in [-0.2, 0) is 0 Å². The summed E-state index contributed by atoms with van der Waals surface area (Å²) in [4.78, 5) is 0. The summed E-state index contributed by atoms with van der Waals surface area (Å²) >= 11 is 0. The molecular weight excluding hydrogens is 337 g/mol. The Balaban J connectivity index is 1.81. The Hall–Kier alpha value is -3.08. The molecule has 5 heteroatoms. The van der Waals surface area contributed by atoms with E-state index in [0.717, 1.165) is 10.8 Å². The van der Waals surface area contributed by atoms with Crippen LogP contribution >= 0.6 is 0 Å². The van der Waals surface area contributed by atoms with Crippen LogP contribution < -0.4 is 5.01 Å². The average Bonchev–Trinajstić information content (AvgIpc) is 2.67. The Morgan fingerprint density at radius 3 is 2.27 bits per heavy atom.